The Morgan fingerprint density at radius 1 is 1.20 bits per heavy atom. The number of hydrogen-bond acceptors (Lipinski definition) is 2. The summed E-state index contributed by atoms with van der Waals surface area (Å²) < 4.78 is 0. The van der Waals surface area contributed by atoms with Gasteiger partial charge in [0.1, 0.15) is 0 Å². The molecule has 0 aliphatic carbocycles. The zero-order valence-corrected chi connectivity index (χ0v) is 11.6. The molecule has 1 amide bonds. The van der Waals surface area contributed by atoms with Gasteiger partial charge in [0, 0.05) is 19.1 Å². The molecule has 2 N–H and O–H groups in total. The summed E-state index contributed by atoms with van der Waals surface area (Å²) in [5.74, 6) is 0.190. The molecule has 0 saturated carbocycles. The van der Waals surface area contributed by atoms with Gasteiger partial charge in [0.15, 0.2) is 0 Å². The summed E-state index contributed by atoms with van der Waals surface area (Å²) in [6.07, 6.45) is 2.52. The molecule has 3 rings (SSSR count). The maximum atomic E-state index is 12.3. The van der Waals surface area contributed by atoms with Crippen molar-refractivity contribution in [3.05, 3.63) is 48.0 Å². The minimum Gasteiger partial charge on any atom is -0.341 e. The molecule has 1 aliphatic heterocycles. The number of rotatable bonds is 2. The van der Waals surface area contributed by atoms with E-state index in [4.69, 9.17) is 5.73 Å². The Bertz CT molecular complexity index is 623. The minimum absolute atomic E-state index is 0.143. The zero-order valence-electron chi connectivity index (χ0n) is 11.6. The first-order valence-corrected chi connectivity index (χ1v) is 7.23. The average molecular weight is 268 g/mol. The predicted molar refractivity (Wildman–Crippen MR) is 81.4 cm³/mol. The molecule has 1 atom stereocenters. The van der Waals surface area contributed by atoms with E-state index >= 15 is 0 Å². The highest BCUT2D eigenvalue weighted by Gasteiger charge is 2.21. The van der Waals surface area contributed by atoms with E-state index in [1.165, 1.54) is 10.8 Å². The molecule has 1 saturated heterocycles. The first-order valence-electron chi connectivity index (χ1n) is 7.23. The molecule has 1 heterocycles. The molecule has 0 radical (unpaired) electrons. The Labute approximate surface area is 119 Å². The lowest BCUT2D eigenvalue weighted by atomic mass is 10.0. The number of nitrogens with two attached hydrogens (primary N) is 1. The largest absolute Gasteiger partial charge is 0.341 e. The summed E-state index contributed by atoms with van der Waals surface area (Å²) in [5.41, 5.74) is 7.01. The van der Waals surface area contributed by atoms with Gasteiger partial charge in [-0.3, -0.25) is 4.79 Å². The smallest absolute Gasteiger partial charge is 0.227 e. The van der Waals surface area contributed by atoms with E-state index < -0.39 is 0 Å². The van der Waals surface area contributed by atoms with Crippen LogP contribution in [0.15, 0.2) is 42.5 Å². The molecule has 104 valence electrons. The van der Waals surface area contributed by atoms with Crippen LogP contribution in [0.5, 0.6) is 0 Å². The molecule has 3 nitrogen and oxygen atoms in total. The van der Waals surface area contributed by atoms with E-state index in [9.17, 15) is 4.79 Å². The zero-order chi connectivity index (χ0) is 13.9. The topological polar surface area (TPSA) is 46.3 Å². The van der Waals surface area contributed by atoms with E-state index in [1.54, 1.807) is 0 Å². The van der Waals surface area contributed by atoms with Crippen molar-refractivity contribution >= 4 is 16.7 Å². The summed E-state index contributed by atoms with van der Waals surface area (Å²) in [6.45, 7) is 1.55. The molecule has 2 aromatic rings. The lowest BCUT2D eigenvalue weighted by Crippen LogP contribution is -2.46. The second-order valence-electron chi connectivity index (χ2n) is 5.60. The molecule has 3 heteroatoms. The minimum atomic E-state index is 0.143. The van der Waals surface area contributed by atoms with Gasteiger partial charge < -0.3 is 10.6 Å². The van der Waals surface area contributed by atoms with Crippen molar-refractivity contribution in [3.8, 4) is 0 Å². The normalized spacial score (nSPS) is 19.2. The second kappa shape index (κ2) is 5.63. The Hall–Kier alpha value is -1.87. The van der Waals surface area contributed by atoms with Gasteiger partial charge in [-0.1, -0.05) is 42.5 Å². The highest BCUT2D eigenvalue weighted by atomic mass is 16.2. The first kappa shape index (κ1) is 13.1. The number of hydrogen-bond donors (Lipinski definition) is 1. The lowest BCUT2D eigenvalue weighted by Gasteiger charge is -2.30. The van der Waals surface area contributed by atoms with Gasteiger partial charge in [0.05, 0.1) is 6.42 Å². The van der Waals surface area contributed by atoms with Crippen LogP contribution in [0.4, 0.5) is 0 Å². The van der Waals surface area contributed by atoms with Gasteiger partial charge >= 0.3 is 0 Å². The van der Waals surface area contributed by atoms with Crippen LogP contribution in [0.25, 0.3) is 10.8 Å². The van der Waals surface area contributed by atoms with E-state index in [0.29, 0.717) is 13.0 Å². The van der Waals surface area contributed by atoms with Crippen molar-refractivity contribution in [2.45, 2.75) is 25.3 Å². The van der Waals surface area contributed by atoms with Crippen molar-refractivity contribution < 1.29 is 4.79 Å². The van der Waals surface area contributed by atoms with Crippen LogP contribution in [0.1, 0.15) is 18.4 Å². The third-order valence-electron chi connectivity index (χ3n) is 3.98. The number of benzene rings is 2. The molecule has 2 aromatic carbocycles. The van der Waals surface area contributed by atoms with Crippen molar-refractivity contribution in [1.82, 2.24) is 4.90 Å². The molecule has 0 aromatic heterocycles. The molecule has 0 bridgehead atoms. The van der Waals surface area contributed by atoms with Crippen LogP contribution in [0.2, 0.25) is 0 Å². The number of fused-ring (bicyclic) bond motifs is 1. The van der Waals surface area contributed by atoms with Crippen LogP contribution < -0.4 is 5.73 Å². The van der Waals surface area contributed by atoms with E-state index in [1.807, 2.05) is 23.1 Å². The Morgan fingerprint density at radius 2 is 2.00 bits per heavy atom. The fourth-order valence-corrected chi connectivity index (χ4v) is 2.87. The molecule has 0 spiro atoms. The molecular weight excluding hydrogens is 248 g/mol. The molecule has 1 aliphatic rings. The number of carbonyl (C=O) groups is 1. The van der Waals surface area contributed by atoms with Crippen LogP contribution in [0.3, 0.4) is 0 Å². The monoisotopic (exact) mass is 268 g/mol. The standard InChI is InChI=1S/C17H20N2O/c18-16-6-3-9-19(12-16)17(20)11-13-7-8-14-4-1-2-5-15(14)10-13/h1-2,4-5,7-8,10,16H,3,6,9,11-12,18H2/t16-/m1/s1. The van der Waals surface area contributed by atoms with Gasteiger partial charge in [-0.15, -0.1) is 0 Å². The summed E-state index contributed by atoms with van der Waals surface area (Å²) in [6, 6.07) is 14.6. The van der Waals surface area contributed by atoms with Gasteiger partial charge in [-0.05, 0) is 29.2 Å². The molecule has 0 unspecified atom stereocenters. The van der Waals surface area contributed by atoms with Crippen LogP contribution in [-0.4, -0.2) is 29.9 Å². The van der Waals surface area contributed by atoms with Gasteiger partial charge in [0.2, 0.25) is 5.91 Å². The first-order chi connectivity index (χ1) is 9.72. The second-order valence-corrected chi connectivity index (χ2v) is 5.60. The lowest BCUT2D eigenvalue weighted by molar-refractivity contribution is -0.131. The van der Waals surface area contributed by atoms with Crippen molar-refractivity contribution in [2.75, 3.05) is 13.1 Å². The van der Waals surface area contributed by atoms with Gasteiger partial charge in [-0.2, -0.15) is 0 Å². The molecule has 1 fully saturated rings. The Morgan fingerprint density at radius 3 is 2.80 bits per heavy atom. The van der Waals surface area contributed by atoms with Crippen molar-refractivity contribution in [1.29, 1.82) is 0 Å². The van der Waals surface area contributed by atoms with Crippen LogP contribution in [0, 0.1) is 0 Å². The number of piperidine rings is 1. The quantitative estimate of drug-likeness (QED) is 0.908. The summed E-state index contributed by atoms with van der Waals surface area (Å²) in [5, 5.41) is 2.40. The maximum absolute atomic E-state index is 12.3. The van der Waals surface area contributed by atoms with Crippen LogP contribution in [-0.2, 0) is 11.2 Å². The van der Waals surface area contributed by atoms with Crippen molar-refractivity contribution in [2.24, 2.45) is 5.73 Å². The molecule has 20 heavy (non-hydrogen) atoms. The fraction of sp³-hybridized carbons (Fsp3) is 0.353. The maximum Gasteiger partial charge on any atom is 0.227 e. The van der Waals surface area contributed by atoms with E-state index in [0.717, 1.165) is 24.9 Å². The Balaban J connectivity index is 1.73. The SMILES string of the molecule is N[C@@H]1CCCN(C(=O)Cc2ccc3ccccc3c2)C1. The highest BCUT2D eigenvalue weighted by molar-refractivity contribution is 5.85. The fourth-order valence-electron chi connectivity index (χ4n) is 2.87. The number of carbonyl (C=O) groups excluding carboxylic acids is 1. The highest BCUT2D eigenvalue weighted by Crippen LogP contribution is 2.17. The number of likely N-dealkylation sites (tertiary alicyclic amines) is 1. The third-order valence-corrected chi connectivity index (χ3v) is 3.98. The summed E-state index contributed by atoms with van der Waals surface area (Å²) in [4.78, 5) is 14.2. The van der Waals surface area contributed by atoms with Gasteiger partial charge in [-0.25, -0.2) is 0 Å². The summed E-state index contributed by atoms with van der Waals surface area (Å²) in [7, 11) is 0. The summed E-state index contributed by atoms with van der Waals surface area (Å²) >= 11 is 0. The van der Waals surface area contributed by atoms with Crippen molar-refractivity contribution in [3.63, 3.8) is 0 Å². The number of amides is 1. The Kier molecular flexibility index (Phi) is 3.70. The predicted octanol–water partition coefficient (Wildman–Crippen LogP) is 2.33. The number of nitrogens with zero attached hydrogens (tertiary/aromatic N) is 1. The third kappa shape index (κ3) is 2.83. The van der Waals surface area contributed by atoms with E-state index in [2.05, 4.69) is 24.3 Å². The average Bonchev–Trinajstić information content (AvgIpc) is 2.47. The van der Waals surface area contributed by atoms with Crippen LogP contribution >= 0.6 is 0 Å². The van der Waals surface area contributed by atoms with Gasteiger partial charge in [0.25, 0.3) is 0 Å². The van der Waals surface area contributed by atoms with E-state index in [-0.39, 0.29) is 11.9 Å². The molecular formula is C17H20N2O.